The standard InChI is InChI=1S/C11H14F3NO/c1-8(16)6-15-7-9-2-4-10(5-3-9)11(12,13)14/h2-5,8,15-16H,6-7H2,1H3/t8-/m0/s1. The van der Waals surface area contributed by atoms with Crippen molar-refractivity contribution < 1.29 is 18.3 Å². The van der Waals surface area contributed by atoms with Crippen molar-refractivity contribution in [2.24, 2.45) is 0 Å². The molecule has 0 heterocycles. The summed E-state index contributed by atoms with van der Waals surface area (Å²) in [6.07, 6.45) is -4.75. The number of alkyl halides is 3. The van der Waals surface area contributed by atoms with Crippen LogP contribution in [0, 0.1) is 0 Å². The van der Waals surface area contributed by atoms with E-state index in [1.807, 2.05) is 0 Å². The van der Waals surface area contributed by atoms with Gasteiger partial charge in [-0.05, 0) is 24.6 Å². The quantitative estimate of drug-likeness (QED) is 0.835. The average Bonchev–Trinajstić information content (AvgIpc) is 2.16. The molecule has 2 nitrogen and oxygen atoms in total. The third kappa shape index (κ3) is 4.20. The van der Waals surface area contributed by atoms with Gasteiger partial charge in [0.15, 0.2) is 0 Å². The van der Waals surface area contributed by atoms with Gasteiger partial charge in [-0.25, -0.2) is 0 Å². The Labute approximate surface area is 92.1 Å². The molecule has 2 N–H and O–H groups in total. The van der Waals surface area contributed by atoms with E-state index >= 15 is 0 Å². The fourth-order valence-electron chi connectivity index (χ4n) is 1.24. The second-order valence-electron chi connectivity index (χ2n) is 3.67. The Balaban J connectivity index is 2.52. The molecule has 1 aromatic carbocycles. The van der Waals surface area contributed by atoms with E-state index in [2.05, 4.69) is 5.32 Å². The fourth-order valence-corrected chi connectivity index (χ4v) is 1.24. The van der Waals surface area contributed by atoms with E-state index < -0.39 is 17.8 Å². The second kappa shape index (κ2) is 5.32. The van der Waals surface area contributed by atoms with Crippen molar-refractivity contribution in [1.29, 1.82) is 0 Å². The van der Waals surface area contributed by atoms with E-state index in [1.165, 1.54) is 12.1 Å². The van der Waals surface area contributed by atoms with E-state index in [0.29, 0.717) is 13.1 Å². The zero-order chi connectivity index (χ0) is 12.2. The number of benzene rings is 1. The van der Waals surface area contributed by atoms with Crippen LogP contribution in [-0.2, 0) is 12.7 Å². The van der Waals surface area contributed by atoms with Gasteiger partial charge in [-0.1, -0.05) is 12.1 Å². The maximum Gasteiger partial charge on any atom is 0.416 e. The van der Waals surface area contributed by atoms with Gasteiger partial charge in [-0.2, -0.15) is 13.2 Å². The number of aliphatic hydroxyl groups excluding tert-OH is 1. The average molecular weight is 233 g/mol. The van der Waals surface area contributed by atoms with Crippen LogP contribution in [0.1, 0.15) is 18.1 Å². The lowest BCUT2D eigenvalue weighted by atomic mass is 10.1. The summed E-state index contributed by atoms with van der Waals surface area (Å²) in [6.45, 7) is 2.50. The first-order chi connectivity index (χ1) is 7.39. The summed E-state index contributed by atoms with van der Waals surface area (Å²) in [6, 6.07) is 4.97. The fraction of sp³-hybridized carbons (Fsp3) is 0.455. The van der Waals surface area contributed by atoms with Crippen molar-refractivity contribution in [3.05, 3.63) is 35.4 Å². The zero-order valence-corrected chi connectivity index (χ0v) is 8.88. The molecule has 0 fully saturated rings. The molecule has 0 aliphatic carbocycles. The summed E-state index contributed by atoms with van der Waals surface area (Å²) in [5.74, 6) is 0. The predicted octanol–water partition coefficient (Wildman–Crippen LogP) is 2.18. The van der Waals surface area contributed by atoms with Gasteiger partial charge in [0, 0.05) is 13.1 Å². The van der Waals surface area contributed by atoms with Crippen LogP contribution in [0.3, 0.4) is 0 Å². The highest BCUT2D eigenvalue weighted by molar-refractivity contribution is 5.24. The molecule has 0 bridgehead atoms. The summed E-state index contributed by atoms with van der Waals surface area (Å²) in [5.41, 5.74) is 0.112. The molecular weight excluding hydrogens is 219 g/mol. The van der Waals surface area contributed by atoms with E-state index in [1.54, 1.807) is 6.92 Å². The Bertz CT molecular complexity index is 319. The first kappa shape index (κ1) is 13.0. The van der Waals surface area contributed by atoms with Gasteiger partial charge in [-0.15, -0.1) is 0 Å². The first-order valence-electron chi connectivity index (χ1n) is 4.94. The SMILES string of the molecule is C[C@H](O)CNCc1ccc(C(F)(F)F)cc1. The molecule has 0 aliphatic rings. The summed E-state index contributed by atoms with van der Waals surface area (Å²) in [5, 5.41) is 11.9. The molecule has 0 aromatic heterocycles. The molecule has 0 unspecified atom stereocenters. The first-order valence-corrected chi connectivity index (χ1v) is 4.94. The van der Waals surface area contributed by atoms with Crippen LogP contribution in [-0.4, -0.2) is 17.8 Å². The second-order valence-corrected chi connectivity index (χ2v) is 3.67. The maximum absolute atomic E-state index is 12.2. The van der Waals surface area contributed by atoms with Gasteiger partial charge in [0.2, 0.25) is 0 Å². The summed E-state index contributed by atoms with van der Waals surface area (Å²) in [7, 11) is 0. The van der Waals surface area contributed by atoms with Crippen LogP contribution >= 0.6 is 0 Å². The highest BCUT2D eigenvalue weighted by atomic mass is 19.4. The lowest BCUT2D eigenvalue weighted by Crippen LogP contribution is -2.23. The minimum atomic E-state index is -4.29. The smallest absolute Gasteiger partial charge is 0.392 e. The third-order valence-corrected chi connectivity index (χ3v) is 2.05. The van der Waals surface area contributed by atoms with E-state index in [-0.39, 0.29) is 0 Å². The Hall–Kier alpha value is -1.07. The van der Waals surface area contributed by atoms with Gasteiger partial charge >= 0.3 is 6.18 Å². The van der Waals surface area contributed by atoms with Crippen LogP contribution in [0.2, 0.25) is 0 Å². The van der Waals surface area contributed by atoms with Crippen LogP contribution in [0.15, 0.2) is 24.3 Å². The Morgan fingerprint density at radius 3 is 2.25 bits per heavy atom. The molecule has 0 aliphatic heterocycles. The number of hydrogen-bond acceptors (Lipinski definition) is 2. The molecule has 0 saturated carbocycles. The number of halogens is 3. The lowest BCUT2D eigenvalue weighted by molar-refractivity contribution is -0.137. The lowest BCUT2D eigenvalue weighted by Gasteiger charge is -2.09. The molecule has 90 valence electrons. The minimum Gasteiger partial charge on any atom is -0.392 e. The molecule has 0 amide bonds. The summed E-state index contributed by atoms with van der Waals surface area (Å²) >= 11 is 0. The van der Waals surface area contributed by atoms with E-state index in [0.717, 1.165) is 17.7 Å². The van der Waals surface area contributed by atoms with Crippen LogP contribution in [0.5, 0.6) is 0 Å². The predicted molar refractivity (Wildman–Crippen MR) is 54.8 cm³/mol. The van der Waals surface area contributed by atoms with Crippen LogP contribution < -0.4 is 5.32 Å². The van der Waals surface area contributed by atoms with E-state index in [4.69, 9.17) is 5.11 Å². The van der Waals surface area contributed by atoms with Crippen LogP contribution in [0.25, 0.3) is 0 Å². The van der Waals surface area contributed by atoms with Crippen molar-refractivity contribution in [3.8, 4) is 0 Å². The number of nitrogens with one attached hydrogen (secondary N) is 1. The number of rotatable bonds is 4. The van der Waals surface area contributed by atoms with Gasteiger partial charge in [0.25, 0.3) is 0 Å². The normalized spacial score (nSPS) is 13.8. The molecule has 16 heavy (non-hydrogen) atoms. The topological polar surface area (TPSA) is 32.3 Å². The number of hydrogen-bond donors (Lipinski definition) is 2. The van der Waals surface area contributed by atoms with Gasteiger partial charge in [0.05, 0.1) is 11.7 Å². The summed E-state index contributed by atoms with van der Waals surface area (Å²) < 4.78 is 36.7. The monoisotopic (exact) mass is 233 g/mol. The van der Waals surface area contributed by atoms with Crippen molar-refractivity contribution in [3.63, 3.8) is 0 Å². The van der Waals surface area contributed by atoms with Crippen molar-refractivity contribution in [2.45, 2.75) is 25.7 Å². The highest BCUT2D eigenvalue weighted by Crippen LogP contribution is 2.28. The molecule has 5 heteroatoms. The van der Waals surface area contributed by atoms with Crippen molar-refractivity contribution >= 4 is 0 Å². The van der Waals surface area contributed by atoms with E-state index in [9.17, 15) is 13.2 Å². The third-order valence-electron chi connectivity index (χ3n) is 2.05. The van der Waals surface area contributed by atoms with Crippen LogP contribution in [0.4, 0.5) is 13.2 Å². The molecule has 0 saturated heterocycles. The van der Waals surface area contributed by atoms with Crippen molar-refractivity contribution in [1.82, 2.24) is 5.32 Å². The molecular formula is C11H14F3NO. The van der Waals surface area contributed by atoms with Crippen molar-refractivity contribution in [2.75, 3.05) is 6.54 Å². The molecule has 1 aromatic rings. The van der Waals surface area contributed by atoms with Gasteiger partial charge in [-0.3, -0.25) is 0 Å². The van der Waals surface area contributed by atoms with Gasteiger partial charge < -0.3 is 10.4 Å². The molecule has 1 rings (SSSR count). The molecule has 1 atom stereocenters. The zero-order valence-electron chi connectivity index (χ0n) is 8.88. The largest absolute Gasteiger partial charge is 0.416 e. The summed E-state index contributed by atoms with van der Waals surface area (Å²) in [4.78, 5) is 0. The maximum atomic E-state index is 12.2. The Morgan fingerprint density at radius 1 is 1.25 bits per heavy atom. The highest BCUT2D eigenvalue weighted by Gasteiger charge is 2.29. The number of aliphatic hydroxyl groups is 1. The Morgan fingerprint density at radius 2 is 1.81 bits per heavy atom. The van der Waals surface area contributed by atoms with Gasteiger partial charge in [0.1, 0.15) is 0 Å². The molecule has 0 radical (unpaired) electrons. The minimum absolute atomic E-state index is 0.418. The Kier molecular flexibility index (Phi) is 4.32. The molecule has 0 spiro atoms.